The third kappa shape index (κ3) is 2.06. The molecular weight excluding hydrogens is 234 g/mol. The average molecular weight is 244 g/mol. The first-order valence-electron chi connectivity index (χ1n) is 4.66. The Kier molecular flexibility index (Phi) is 3.07. The van der Waals surface area contributed by atoms with Crippen molar-refractivity contribution in [1.29, 1.82) is 0 Å². The zero-order valence-corrected chi connectivity index (χ0v) is 9.82. The van der Waals surface area contributed by atoms with E-state index in [4.69, 9.17) is 11.6 Å². The lowest BCUT2D eigenvalue weighted by molar-refractivity contribution is 0.0606. The average Bonchev–Trinajstić information content (AvgIpc) is 2.84. The lowest BCUT2D eigenvalue weighted by atomic mass is 10.2. The first-order valence-corrected chi connectivity index (χ1v) is 5.86. The van der Waals surface area contributed by atoms with Crippen molar-refractivity contribution in [2.75, 3.05) is 7.11 Å². The summed E-state index contributed by atoms with van der Waals surface area (Å²) in [5.74, 6) is -0.414. The molecule has 0 aromatic carbocycles. The predicted octanol–water partition coefficient (Wildman–Crippen LogP) is 3.15. The van der Waals surface area contributed by atoms with E-state index in [1.165, 1.54) is 24.0 Å². The fourth-order valence-corrected chi connectivity index (χ4v) is 2.79. The van der Waals surface area contributed by atoms with Gasteiger partial charge in [-0.2, -0.15) is 0 Å². The Hall–Kier alpha value is -0.870. The highest BCUT2D eigenvalue weighted by molar-refractivity contribution is 7.15. The Morgan fingerprint density at radius 1 is 1.67 bits per heavy atom. The molecule has 0 spiro atoms. The maximum atomic E-state index is 11.3. The van der Waals surface area contributed by atoms with Crippen LogP contribution < -0.4 is 0 Å². The van der Waals surface area contributed by atoms with Crippen LogP contribution in [0.3, 0.4) is 0 Å². The normalized spacial score (nSPS) is 15.2. The minimum absolute atomic E-state index is 0.245. The molecule has 5 heteroatoms. The van der Waals surface area contributed by atoms with Gasteiger partial charge in [-0.25, -0.2) is 9.78 Å². The smallest absolute Gasteiger partial charge is 0.351 e. The van der Waals surface area contributed by atoms with Crippen LogP contribution in [0.4, 0.5) is 0 Å². The van der Waals surface area contributed by atoms with Crippen molar-refractivity contribution < 1.29 is 9.53 Å². The number of halogens is 1. The second kappa shape index (κ2) is 4.33. The summed E-state index contributed by atoms with van der Waals surface area (Å²) in [7, 11) is 1.34. The van der Waals surface area contributed by atoms with Gasteiger partial charge in [-0.3, -0.25) is 0 Å². The van der Waals surface area contributed by atoms with Crippen molar-refractivity contribution in [1.82, 2.24) is 4.98 Å². The highest BCUT2D eigenvalue weighted by Crippen LogP contribution is 2.33. The number of rotatable bonds is 2. The quantitative estimate of drug-likeness (QED) is 0.749. The Morgan fingerprint density at radius 2 is 2.47 bits per heavy atom. The third-order valence-corrected chi connectivity index (χ3v) is 3.77. The molecule has 0 unspecified atom stereocenters. The molecule has 0 amide bonds. The monoisotopic (exact) mass is 243 g/mol. The fourth-order valence-electron chi connectivity index (χ4n) is 1.52. The first kappa shape index (κ1) is 10.6. The number of hydrogen-bond donors (Lipinski definition) is 0. The summed E-state index contributed by atoms with van der Waals surface area (Å²) >= 11 is 7.17. The highest BCUT2D eigenvalue weighted by atomic mass is 35.5. The van der Waals surface area contributed by atoms with Gasteiger partial charge in [0.15, 0.2) is 10.0 Å². The Labute approximate surface area is 96.7 Å². The van der Waals surface area contributed by atoms with Crippen LogP contribution in [0.2, 0.25) is 5.15 Å². The number of ether oxygens (including phenoxy) is 1. The lowest BCUT2D eigenvalue weighted by Crippen LogP contribution is -1.98. The van der Waals surface area contributed by atoms with E-state index < -0.39 is 5.97 Å². The van der Waals surface area contributed by atoms with Gasteiger partial charge in [0.25, 0.3) is 0 Å². The molecule has 1 heterocycles. The molecule has 0 radical (unpaired) electrons. The molecule has 80 valence electrons. The van der Waals surface area contributed by atoms with Crippen LogP contribution in [0.25, 0.3) is 5.57 Å². The van der Waals surface area contributed by atoms with Crippen LogP contribution in [-0.4, -0.2) is 18.1 Å². The molecule has 1 aliphatic rings. The molecule has 2 rings (SSSR count). The number of aromatic nitrogens is 1. The van der Waals surface area contributed by atoms with E-state index in [1.807, 2.05) is 0 Å². The standard InChI is InChI=1S/C10H10ClNO2S/c1-14-10(13)7-8(11)12-9(15-7)6-4-2-3-5-6/h4H,2-3,5H2,1H3. The van der Waals surface area contributed by atoms with E-state index in [1.54, 1.807) is 0 Å². The Bertz CT molecular complexity index is 425. The molecule has 0 saturated carbocycles. The number of thiazole rings is 1. The molecule has 1 aromatic rings. The number of methoxy groups -OCH3 is 1. The molecular formula is C10H10ClNO2S. The molecule has 0 fully saturated rings. The van der Waals surface area contributed by atoms with E-state index >= 15 is 0 Å². The van der Waals surface area contributed by atoms with Crippen molar-refractivity contribution in [2.45, 2.75) is 19.3 Å². The second-order valence-electron chi connectivity index (χ2n) is 3.25. The van der Waals surface area contributed by atoms with E-state index in [0.717, 1.165) is 24.3 Å². The van der Waals surface area contributed by atoms with Gasteiger partial charge >= 0.3 is 5.97 Å². The summed E-state index contributed by atoms with van der Waals surface area (Å²) in [5.41, 5.74) is 1.19. The van der Waals surface area contributed by atoms with E-state index in [-0.39, 0.29) is 5.15 Å². The summed E-state index contributed by atoms with van der Waals surface area (Å²) in [6, 6.07) is 0. The molecule has 0 saturated heterocycles. The van der Waals surface area contributed by atoms with Crippen LogP contribution in [0.5, 0.6) is 0 Å². The molecule has 0 atom stereocenters. The topological polar surface area (TPSA) is 39.2 Å². The zero-order chi connectivity index (χ0) is 10.8. The molecule has 0 aliphatic heterocycles. The number of carbonyl (C=O) groups is 1. The fraction of sp³-hybridized carbons (Fsp3) is 0.400. The number of esters is 1. The van der Waals surface area contributed by atoms with Gasteiger partial charge < -0.3 is 4.74 Å². The molecule has 3 nitrogen and oxygen atoms in total. The Morgan fingerprint density at radius 3 is 3.07 bits per heavy atom. The SMILES string of the molecule is COC(=O)c1sc(C2=CCCC2)nc1Cl. The van der Waals surface area contributed by atoms with Crippen LogP contribution >= 0.6 is 22.9 Å². The van der Waals surface area contributed by atoms with Crippen molar-refractivity contribution in [3.63, 3.8) is 0 Å². The van der Waals surface area contributed by atoms with E-state index in [2.05, 4.69) is 15.8 Å². The first-order chi connectivity index (χ1) is 7.22. The summed E-state index contributed by atoms with van der Waals surface area (Å²) in [4.78, 5) is 15.9. The summed E-state index contributed by atoms with van der Waals surface area (Å²) in [6.45, 7) is 0. The Balaban J connectivity index is 2.32. The summed E-state index contributed by atoms with van der Waals surface area (Å²) in [6.07, 6.45) is 5.40. The summed E-state index contributed by atoms with van der Waals surface area (Å²) in [5, 5.41) is 1.09. The largest absolute Gasteiger partial charge is 0.465 e. The van der Waals surface area contributed by atoms with Gasteiger partial charge in [-0.15, -0.1) is 11.3 Å². The van der Waals surface area contributed by atoms with Crippen LogP contribution in [0, 0.1) is 0 Å². The summed E-state index contributed by atoms with van der Waals surface area (Å²) < 4.78 is 4.62. The van der Waals surface area contributed by atoms with Gasteiger partial charge in [-0.1, -0.05) is 17.7 Å². The minimum Gasteiger partial charge on any atom is -0.465 e. The predicted molar refractivity (Wildman–Crippen MR) is 60.3 cm³/mol. The third-order valence-electron chi connectivity index (χ3n) is 2.27. The number of nitrogens with zero attached hydrogens (tertiary/aromatic N) is 1. The van der Waals surface area contributed by atoms with Crippen LogP contribution in [0.1, 0.15) is 33.9 Å². The van der Waals surface area contributed by atoms with E-state index in [9.17, 15) is 4.79 Å². The van der Waals surface area contributed by atoms with Gasteiger partial charge in [0.05, 0.1) is 7.11 Å². The second-order valence-corrected chi connectivity index (χ2v) is 4.61. The molecule has 1 aromatic heterocycles. The minimum atomic E-state index is -0.414. The van der Waals surface area contributed by atoms with Crippen molar-refractivity contribution in [3.8, 4) is 0 Å². The number of carbonyl (C=O) groups excluding carboxylic acids is 1. The van der Waals surface area contributed by atoms with Crippen molar-refractivity contribution in [3.05, 3.63) is 21.1 Å². The lowest BCUT2D eigenvalue weighted by Gasteiger charge is -1.93. The van der Waals surface area contributed by atoms with Crippen LogP contribution in [-0.2, 0) is 4.74 Å². The van der Waals surface area contributed by atoms with Gasteiger partial charge in [0.1, 0.15) is 5.01 Å². The van der Waals surface area contributed by atoms with Crippen molar-refractivity contribution >= 4 is 34.5 Å². The van der Waals surface area contributed by atoms with Crippen LogP contribution in [0.15, 0.2) is 6.08 Å². The molecule has 0 bridgehead atoms. The van der Waals surface area contributed by atoms with Gasteiger partial charge in [0.2, 0.25) is 0 Å². The number of hydrogen-bond acceptors (Lipinski definition) is 4. The van der Waals surface area contributed by atoms with Gasteiger partial charge in [-0.05, 0) is 24.8 Å². The molecule has 15 heavy (non-hydrogen) atoms. The number of allylic oxidation sites excluding steroid dienone is 2. The maximum absolute atomic E-state index is 11.3. The molecule has 0 N–H and O–H groups in total. The van der Waals surface area contributed by atoms with Crippen molar-refractivity contribution in [2.24, 2.45) is 0 Å². The van der Waals surface area contributed by atoms with Gasteiger partial charge in [0, 0.05) is 0 Å². The maximum Gasteiger partial charge on any atom is 0.351 e. The zero-order valence-electron chi connectivity index (χ0n) is 8.25. The molecule has 1 aliphatic carbocycles. The van der Waals surface area contributed by atoms with E-state index in [0.29, 0.717) is 4.88 Å². The highest BCUT2D eigenvalue weighted by Gasteiger charge is 2.19.